The second-order valence-corrected chi connectivity index (χ2v) is 1.87. The van der Waals surface area contributed by atoms with Gasteiger partial charge < -0.3 is 5.11 Å². The molecule has 1 heterocycles. The molecular formula is C5H4N2O4. The summed E-state index contributed by atoms with van der Waals surface area (Å²) in [6.07, 6.45) is 1.01. The van der Waals surface area contributed by atoms with Crippen molar-refractivity contribution in [3.8, 4) is 0 Å². The minimum atomic E-state index is -0.936. The molecule has 0 aromatic rings. The van der Waals surface area contributed by atoms with Gasteiger partial charge in [-0.05, 0) is 0 Å². The number of hydrogen-bond acceptors (Lipinski definition) is 5. The van der Waals surface area contributed by atoms with E-state index < -0.39 is 22.3 Å². The van der Waals surface area contributed by atoms with Crippen molar-refractivity contribution in [1.82, 2.24) is 0 Å². The van der Waals surface area contributed by atoms with Gasteiger partial charge in [-0.3, -0.25) is 14.9 Å². The lowest BCUT2D eigenvalue weighted by molar-refractivity contribution is -0.421. The van der Waals surface area contributed by atoms with E-state index >= 15 is 0 Å². The molecule has 1 aliphatic rings. The highest BCUT2D eigenvalue weighted by Crippen LogP contribution is 2.10. The number of aliphatic hydroxyl groups excluding tert-OH is 1. The number of hydrogen-bond donors (Lipinski definition) is 1. The van der Waals surface area contributed by atoms with Crippen LogP contribution in [0.15, 0.2) is 16.6 Å². The maximum Gasteiger partial charge on any atom is 0.373 e. The molecule has 0 atom stereocenters. The van der Waals surface area contributed by atoms with E-state index in [0.717, 1.165) is 6.21 Å². The quantitative estimate of drug-likeness (QED) is 0.428. The number of nitro groups is 1. The van der Waals surface area contributed by atoms with Gasteiger partial charge in [0, 0.05) is 6.21 Å². The Kier molecular flexibility index (Phi) is 1.67. The zero-order valence-corrected chi connectivity index (χ0v) is 5.35. The van der Waals surface area contributed by atoms with Crippen LogP contribution < -0.4 is 0 Å². The molecule has 0 amide bonds. The van der Waals surface area contributed by atoms with E-state index in [0.29, 0.717) is 0 Å². The number of aliphatic hydroxyl groups is 1. The number of carbonyl (C=O) groups is 1. The first-order valence-corrected chi connectivity index (χ1v) is 2.76. The molecule has 0 aliphatic carbocycles. The SMILES string of the molecule is O=C1CC=NC(O)=C1[N+](=O)[O-]. The van der Waals surface area contributed by atoms with Crippen molar-refractivity contribution in [1.29, 1.82) is 0 Å². The summed E-state index contributed by atoms with van der Waals surface area (Å²) in [4.78, 5) is 23.1. The van der Waals surface area contributed by atoms with E-state index in [2.05, 4.69) is 4.99 Å². The van der Waals surface area contributed by atoms with Gasteiger partial charge >= 0.3 is 5.70 Å². The van der Waals surface area contributed by atoms with Crippen molar-refractivity contribution in [3.63, 3.8) is 0 Å². The van der Waals surface area contributed by atoms with Gasteiger partial charge in [0.25, 0.3) is 5.88 Å². The van der Waals surface area contributed by atoms with Crippen molar-refractivity contribution < 1.29 is 14.8 Å². The monoisotopic (exact) mass is 156 g/mol. The zero-order valence-electron chi connectivity index (χ0n) is 5.35. The summed E-state index contributed by atoms with van der Waals surface area (Å²) in [5, 5.41) is 18.8. The Labute approximate surface area is 61.0 Å². The standard InChI is InChI=1S/C5H4N2O4/c8-3-1-2-6-5(9)4(3)7(10)11/h2,9H,1H2. The molecule has 0 spiro atoms. The first-order chi connectivity index (χ1) is 5.13. The molecule has 0 radical (unpaired) electrons. The fourth-order valence-corrected chi connectivity index (χ4v) is 0.681. The van der Waals surface area contributed by atoms with Gasteiger partial charge in [-0.15, -0.1) is 0 Å². The van der Waals surface area contributed by atoms with Gasteiger partial charge in [0.2, 0.25) is 5.78 Å². The van der Waals surface area contributed by atoms with E-state index in [-0.39, 0.29) is 6.42 Å². The molecule has 58 valence electrons. The molecule has 1 rings (SSSR count). The third kappa shape index (κ3) is 1.23. The highest BCUT2D eigenvalue weighted by molar-refractivity contribution is 6.03. The van der Waals surface area contributed by atoms with E-state index in [1.54, 1.807) is 0 Å². The Hall–Kier alpha value is -1.72. The van der Waals surface area contributed by atoms with Gasteiger partial charge in [-0.2, -0.15) is 0 Å². The normalized spacial score (nSPS) is 17.3. The van der Waals surface area contributed by atoms with Crippen LogP contribution in [0.1, 0.15) is 6.42 Å². The molecule has 0 saturated carbocycles. The van der Waals surface area contributed by atoms with Crippen LogP contribution in [-0.4, -0.2) is 22.0 Å². The van der Waals surface area contributed by atoms with Gasteiger partial charge in [-0.1, -0.05) is 0 Å². The molecule has 0 fully saturated rings. The lowest BCUT2D eigenvalue weighted by atomic mass is 10.2. The molecule has 6 nitrogen and oxygen atoms in total. The first kappa shape index (κ1) is 7.39. The third-order valence-electron chi connectivity index (χ3n) is 1.15. The Morgan fingerprint density at radius 3 is 2.73 bits per heavy atom. The Bertz CT molecular complexity index is 278. The number of rotatable bonds is 1. The summed E-state index contributed by atoms with van der Waals surface area (Å²) in [6, 6.07) is 0. The Balaban J connectivity index is 3.11. The summed E-state index contributed by atoms with van der Waals surface area (Å²) in [5.74, 6) is -1.53. The average Bonchev–Trinajstić information content (AvgIpc) is 1.85. The molecule has 11 heavy (non-hydrogen) atoms. The molecular weight excluding hydrogens is 152 g/mol. The largest absolute Gasteiger partial charge is 0.488 e. The van der Waals surface area contributed by atoms with E-state index in [1.807, 2.05) is 0 Å². The van der Waals surface area contributed by atoms with Gasteiger partial charge in [0.1, 0.15) is 0 Å². The Morgan fingerprint density at radius 2 is 2.36 bits per heavy atom. The second kappa shape index (κ2) is 2.49. The summed E-state index contributed by atoms with van der Waals surface area (Å²) < 4.78 is 0. The fraction of sp³-hybridized carbons (Fsp3) is 0.200. The van der Waals surface area contributed by atoms with Crippen molar-refractivity contribution >= 4 is 12.0 Å². The maximum absolute atomic E-state index is 10.7. The molecule has 0 aromatic heterocycles. The summed E-state index contributed by atoms with van der Waals surface area (Å²) in [6.45, 7) is 0. The molecule has 6 heteroatoms. The number of carbonyl (C=O) groups excluding carboxylic acids is 1. The van der Waals surface area contributed by atoms with Crippen LogP contribution >= 0.6 is 0 Å². The van der Waals surface area contributed by atoms with Crippen molar-refractivity contribution in [2.24, 2.45) is 4.99 Å². The molecule has 0 unspecified atom stereocenters. The Morgan fingerprint density at radius 1 is 1.73 bits per heavy atom. The van der Waals surface area contributed by atoms with Crippen LogP contribution in [0.4, 0.5) is 0 Å². The predicted octanol–water partition coefficient (Wildman–Crippen LogP) is 0.0338. The number of allylic oxidation sites excluding steroid dienone is 1. The van der Waals surface area contributed by atoms with Gasteiger partial charge in [0.15, 0.2) is 0 Å². The van der Waals surface area contributed by atoms with E-state index in [9.17, 15) is 14.9 Å². The number of aliphatic imine (C=N–C) groups is 1. The third-order valence-corrected chi connectivity index (χ3v) is 1.15. The minimum Gasteiger partial charge on any atom is -0.488 e. The highest BCUT2D eigenvalue weighted by atomic mass is 16.6. The first-order valence-electron chi connectivity index (χ1n) is 2.76. The molecule has 0 bridgehead atoms. The van der Waals surface area contributed by atoms with E-state index in [4.69, 9.17) is 5.11 Å². The second-order valence-electron chi connectivity index (χ2n) is 1.87. The van der Waals surface area contributed by atoms with Crippen LogP contribution in [-0.2, 0) is 4.79 Å². The fourth-order valence-electron chi connectivity index (χ4n) is 0.681. The smallest absolute Gasteiger partial charge is 0.373 e. The molecule has 1 aliphatic heterocycles. The summed E-state index contributed by atoms with van der Waals surface area (Å²) >= 11 is 0. The van der Waals surface area contributed by atoms with Crippen LogP contribution in [0, 0.1) is 10.1 Å². The molecule has 1 N–H and O–H groups in total. The van der Waals surface area contributed by atoms with Crippen molar-refractivity contribution in [2.45, 2.75) is 6.42 Å². The van der Waals surface area contributed by atoms with Gasteiger partial charge in [0.05, 0.1) is 11.3 Å². The number of nitrogens with zero attached hydrogens (tertiary/aromatic N) is 2. The minimum absolute atomic E-state index is 0.125. The number of Topliss-reactive ketones (excluding diaryl/α,β-unsaturated/α-hetero) is 1. The van der Waals surface area contributed by atoms with Crippen LogP contribution in [0.3, 0.4) is 0 Å². The van der Waals surface area contributed by atoms with Gasteiger partial charge in [-0.25, -0.2) is 4.99 Å². The predicted molar refractivity (Wildman–Crippen MR) is 34.8 cm³/mol. The highest BCUT2D eigenvalue weighted by Gasteiger charge is 2.29. The lowest BCUT2D eigenvalue weighted by Crippen LogP contribution is -2.17. The summed E-state index contributed by atoms with van der Waals surface area (Å²) in [7, 11) is 0. The van der Waals surface area contributed by atoms with Crippen LogP contribution in [0.25, 0.3) is 0 Å². The van der Waals surface area contributed by atoms with Crippen LogP contribution in [0.5, 0.6) is 0 Å². The molecule has 0 saturated heterocycles. The average molecular weight is 156 g/mol. The van der Waals surface area contributed by atoms with E-state index in [1.165, 1.54) is 0 Å². The lowest BCUT2D eigenvalue weighted by Gasteiger charge is -1.99. The topological polar surface area (TPSA) is 92.8 Å². The van der Waals surface area contributed by atoms with Crippen molar-refractivity contribution in [3.05, 3.63) is 21.7 Å². The zero-order chi connectivity index (χ0) is 8.43. The summed E-state index contributed by atoms with van der Waals surface area (Å²) in [5.41, 5.74) is -0.826. The number of ketones is 1. The van der Waals surface area contributed by atoms with Crippen molar-refractivity contribution in [2.75, 3.05) is 0 Å². The van der Waals surface area contributed by atoms with Crippen LogP contribution in [0.2, 0.25) is 0 Å². The maximum atomic E-state index is 10.7. The molecule has 0 aromatic carbocycles.